The number of aliphatic hydroxyl groups excluding tert-OH is 1. The van der Waals surface area contributed by atoms with Gasteiger partial charge in [0.2, 0.25) is 5.91 Å². The summed E-state index contributed by atoms with van der Waals surface area (Å²) in [6.07, 6.45) is -1.21. The van der Waals surface area contributed by atoms with Gasteiger partial charge in [-0.25, -0.2) is 5.48 Å². The van der Waals surface area contributed by atoms with Gasteiger partial charge < -0.3 is 21.1 Å². The zero-order valence-electron chi connectivity index (χ0n) is 20.8. The first-order valence-corrected chi connectivity index (χ1v) is 12.5. The zero-order chi connectivity index (χ0) is 28.4. The Hall–Kier alpha value is -3.91. The average molecular weight is 569 g/mol. The maximum absolute atomic E-state index is 12.4. The Labute approximate surface area is 235 Å². The van der Waals surface area contributed by atoms with Gasteiger partial charge in [0.1, 0.15) is 6.04 Å². The van der Waals surface area contributed by atoms with Gasteiger partial charge in [-0.15, -0.1) is 0 Å². The minimum Gasteiger partial charge on any atom is -0.391 e. The molecule has 202 valence electrons. The number of aliphatic hydroxyl groups is 1. The highest BCUT2D eigenvalue weighted by atomic mass is 35.5. The number of hydrogen-bond donors (Lipinski definition) is 6. The van der Waals surface area contributed by atoms with Crippen LogP contribution in [0.25, 0.3) is 0 Å². The summed E-state index contributed by atoms with van der Waals surface area (Å²) in [4.78, 5) is 36.2. The number of carbonyl (C=O) groups excluding carboxylic acids is 3. The molecule has 0 radical (unpaired) electrons. The van der Waals surface area contributed by atoms with Crippen LogP contribution in [-0.2, 0) is 16.1 Å². The van der Waals surface area contributed by atoms with Gasteiger partial charge in [-0.05, 0) is 73.2 Å². The Morgan fingerprint density at radius 2 is 1.51 bits per heavy atom. The molecule has 0 unspecified atom stereocenters. The standard InChI is InChI=1S/C28H26Cl2N4O5/c1-17(35)26(28(38)34-39)33-27(37)21-9-4-18(5-10-21)2-3-19-6-11-22(12-7-19)32-25(36)16-31-15-20-8-13-23(29)24(30)14-20/h4-14,17,26,31,35,39H,15-16H2,1H3,(H,32,36)(H,33,37)(H,34,38)/t17-,26+/m1/s1. The quantitative estimate of drug-likeness (QED) is 0.133. The molecule has 0 fully saturated rings. The number of amides is 3. The van der Waals surface area contributed by atoms with Crippen LogP contribution in [0.3, 0.4) is 0 Å². The van der Waals surface area contributed by atoms with Crippen LogP contribution in [0.5, 0.6) is 0 Å². The lowest BCUT2D eigenvalue weighted by molar-refractivity contribution is -0.133. The molecular weight excluding hydrogens is 543 g/mol. The molecule has 9 nitrogen and oxygen atoms in total. The van der Waals surface area contributed by atoms with Crippen LogP contribution in [-0.4, -0.2) is 46.7 Å². The van der Waals surface area contributed by atoms with E-state index in [1.54, 1.807) is 48.5 Å². The summed E-state index contributed by atoms with van der Waals surface area (Å²) >= 11 is 11.9. The van der Waals surface area contributed by atoms with Crippen molar-refractivity contribution in [3.63, 3.8) is 0 Å². The molecule has 6 N–H and O–H groups in total. The first-order valence-electron chi connectivity index (χ1n) is 11.8. The van der Waals surface area contributed by atoms with E-state index in [1.165, 1.54) is 24.5 Å². The normalized spacial score (nSPS) is 11.9. The van der Waals surface area contributed by atoms with Crippen molar-refractivity contribution in [3.05, 3.63) is 99.0 Å². The Balaban J connectivity index is 1.50. The lowest BCUT2D eigenvalue weighted by atomic mass is 10.1. The summed E-state index contributed by atoms with van der Waals surface area (Å²) in [6, 6.07) is 17.4. The Morgan fingerprint density at radius 3 is 2.08 bits per heavy atom. The van der Waals surface area contributed by atoms with Gasteiger partial charge in [0.05, 0.1) is 22.7 Å². The van der Waals surface area contributed by atoms with Gasteiger partial charge in [0.25, 0.3) is 11.8 Å². The number of benzene rings is 3. The molecule has 0 spiro atoms. The fourth-order valence-corrected chi connectivity index (χ4v) is 3.68. The third-order valence-corrected chi connectivity index (χ3v) is 6.17. The molecule has 3 rings (SSSR count). The molecule has 2 atom stereocenters. The first kappa shape index (κ1) is 29.6. The third kappa shape index (κ3) is 9.11. The highest BCUT2D eigenvalue weighted by Gasteiger charge is 2.25. The smallest absolute Gasteiger partial charge is 0.268 e. The summed E-state index contributed by atoms with van der Waals surface area (Å²) in [6.45, 7) is 1.90. The molecule has 11 heteroatoms. The van der Waals surface area contributed by atoms with Crippen molar-refractivity contribution < 1.29 is 24.7 Å². The van der Waals surface area contributed by atoms with E-state index >= 15 is 0 Å². The van der Waals surface area contributed by atoms with E-state index < -0.39 is 24.0 Å². The van der Waals surface area contributed by atoms with Crippen molar-refractivity contribution in [1.82, 2.24) is 16.1 Å². The van der Waals surface area contributed by atoms with Gasteiger partial charge in [-0.3, -0.25) is 19.6 Å². The number of rotatable bonds is 9. The predicted molar refractivity (Wildman–Crippen MR) is 149 cm³/mol. The molecule has 0 aliphatic rings. The fourth-order valence-electron chi connectivity index (χ4n) is 3.36. The average Bonchev–Trinajstić information content (AvgIpc) is 2.93. The molecule has 0 saturated carbocycles. The monoisotopic (exact) mass is 568 g/mol. The fraction of sp³-hybridized carbons (Fsp3) is 0.179. The van der Waals surface area contributed by atoms with Gasteiger partial charge >= 0.3 is 0 Å². The predicted octanol–water partition coefficient (Wildman–Crippen LogP) is 3.11. The Bertz CT molecular complexity index is 1380. The van der Waals surface area contributed by atoms with Crippen LogP contribution in [0, 0.1) is 11.8 Å². The molecule has 0 heterocycles. The van der Waals surface area contributed by atoms with E-state index in [4.69, 9.17) is 28.4 Å². The molecule has 0 bridgehead atoms. The number of halogens is 2. The summed E-state index contributed by atoms with van der Waals surface area (Å²) in [5.41, 5.74) is 4.58. The van der Waals surface area contributed by atoms with Crippen molar-refractivity contribution in [2.45, 2.75) is 25.6 Å². The molecule has 0 aliphatic heterocycles. The highest BCUT2D eigenvalue weighted by Crippen LogP contribution is 2.22. The summed E-state index contributed by atoms with van der Waals surface area (Å²) in [7, 11) is 0. The minimum absolute atomic E-state index is 0.115. The van der Waals surface area contributed by atoms with E-state index in [-0.39, 0.29) is 18.0 Å². The molecule has 0 aromatic heterocycles. The summed E-state index contributed by atoms with van der Waals surface area (Å²) in [5.74, 6) is 4.28. The number of hydrogen-bond acceptors (Lipinski definition) is 6. The van der Waals surface area contributed by atoms with Gasteiger partial charge in [0.15, 0.2) is 0 Å². The first-order chi connectivity index (χ1) is 18.7. The van der Waals surface area contributed by atoms with Crippen molar-refractivity contribution in [2.24, 2.45) is 0 Å². The number of nitrogens with one attached hydrogen (secondary N) is 4. The van der Waals surface area contributed by atoms with Gasteiger partial charge in [-0.1, -0.05) is 41.1 Å². The Morgan fingerprint density at radius 1 is 0.897 bits per heavy atom. The van der Waals surface area contributed by atoms with Crippen molar-refractivity contribution in [2.75, 3.05) is 11.9 Å². The van der Waals surface area contributed by atoms with E-state index in [1.807, 2.05) is 6.07 Å². The van der Waals surface area contributed by atoms with E-state index in [9.17, 15) is 19.5 Å². The number of hydroxylamine groups is 1. The van der Waals surface area contributed by atoms with Crippen LogP contribution in [0.4, 0.5) is 5.69 Å². The molecular formula is C28H26Cl2N4O5. The highest BCUT2D eigenvalue weighted by molar-refractivity contribution is 6.42. The van der Waals surface area contributed by atoms with Crippen molar-refractivity contribution in [3.8, 4) is 11.8 Å². The molecule has 3 aromatic rings. The topological polar surface area (TPSA) is 140 Å². The molecule has 3 amide bonds. The minimum atomic E-state index is -1.31. The lowest BCUT2D eigenvalue weighted by Gasteiger charge is -2.19. The van der Waals surface area contributed by atoms with Crippen LogP contribution < -0.4 is 21.4 Å². The van der Waals surface area contributed by atoms with E-state index in [2.05, 4.69) is 27.8 Å². The molecule has 3 aromatic carbocycles. The lowest BCUT2D eigenvalue weighted by Crippen LogP contribution is -2.51. The Kier molecular flexibility index (Phi) is 10.9. The second-order valence-electron chi connectivity index (χ2n) is 8.47. The molecule has 39 heavy (non-hydrogen) atoms. The van der Waals surface area contributed by atoms with E-state index in [0.717, 1.165) is 11.1 Å². The van der Waals surface area contributed by atoms with Gasteiger partial charge in [-0.2, -0.15) is 0 Å². The third-order valence-electron chi connectivity index (χ3n) is 5.43. The summed E-state index contributed by atoms with van der Waals surface area (Å²) in [5, 5.41) is 27.6. The summed E-state index contributed by atoms with van der Waals surface area (Å²) < 4.78 is 0. The largest absolute Gasteiger partial charge is 0.391 e. The van der Waals surface area contributed by atoms with Gasteiger partial charge in [0, 0.05) is 28.9 Å². The number of carbonyl (C=O) groups is 3. The maximum atomic E-state index is 12.4. The van der Waals surface area contributed by atoms with E-state index in [0.29, 0.717) is 27.8 Å². The maximum Gasteiger partial charge on any atom is 0.268 e. The van der Waals surface area contributed by atoms with Crippen LogP contribution in [0.1, 0.15) is 34.0 Å². The molecule has 0 saturated heterocycles. The second-order valence-corrected chi connectivity index (χ2v) is 9.29. The number of anilines is 1. The van der Waals surface area contributed by atoms with Crippen molar-refractivity contribution in [1.29, 1.82) is 0 Å². The van der Waals surface area contributed by atoms with Crippen LogP contribution in [0.15, 0.2) is 66.7 Å². The zero-order valence-corrected chi connectivity index (χ0v) is 22.3. The van der Waals surface area contributed by atoms with Crippen LogP contribution in [0.2, 0.25) is 10.0 Å². The SMILES string of the molecule is C[C@@H](O)[C@H](NC(=O)c1ccc(C#Cc2ccc(NC(=O)CNCc3ccc(Cl)c(Cl)c3)cc2)cc1)C(=O)NO. The molecule has 0 aliphatic carbocycles. The van der Waals surface area contributed by atoms with Crippen molar-refractivity contribution >= 4 is 46.6 Å². The second kappa shape index (κ2) is 14.3. The van der Waals surface area contributed by atoms with Crippen LogP contribution >= 0.6 is 23.2 Å².